The summed E-state index contributed by atoms with van der Waals surface area (Å²) in [6.45, 7) is 3.67. The monoisotopic (exact) mass is 419 g/mol. The quantitative estimate of drug-likeness (QED) is 0.353. The summed E-state index contributed by atoms with van der Waals surface area (Å²) in [5.74, 6) is -2.26. The van der Waals surface area contributed by atoms with Gasteiger partial charge in [-0.15, -0.1) is 5.06 Å². The summed E-state index contributed by atoms with van der Waals surface area (Å²) in [5.41, 5.74) is 0. The van der Waals surface area contributed by atoms with Crippen LogP contribution in [0.5, 0.6) is 0 Å². The number of carbonyl (C=O) groups is 5. The number of imide groups is 1. The molecule has 162 valence electrons. The Morgan fingerprint density at radius 1 is 1.03 bits per heavy atom. The fraction of sp³-hybridized carbons (Fsp3) is 0.737. The van der Waals surface area contributed by atoms with Crippen molar-refractivity contribution in [3.05, 3.63) is 0 Å². The molecule has 1 atom stereocenters. The predicted molar refractivity (Wildman–Crippen MR) is 102 cm³/mol. The van der Waals surface area contributed by atoms with Gasteiger partial charge in [0, 0.05) is 38.4 Å². The summed E-state index contributed by atoms with van der Waals surface area (Å²) in [6, 6.07) is 0.472. The van der Waals surface area contributed by atoms with Crippen LogP contribution in [0, 0.1) is 0 Å². The summed E-state index contributed by atoms with van der Waals surface area (Å²) in [7, 11) is 0. The van der Waals surface area contributed by atoms with E-state index < -0.39 is 17.8 Å². The lowest BCUT2D eigenvalue weighted by molar-refractivity contribution is -0.197. The lowest BCUT2D eigenvalue weighted by Gasteiger charge is -2.23. The van der Waals surface area contributed by atoms with Crippen molar-refractivity contribution < 1.29 is 28.8 Å². The van der Waals surface area contributed by atoms with Crippen LogP contribution in [0.15, 0.2) is 0 Å². The smallest absolute Gasteiger partial charge is 0.334 e. The zero-order valence-corrected chi connectivity index (χ0v) is 16.9. The molecule has 0 aromatic carbocycles. The highest BCUT2D eigenvalue weighted by molar-refractivity contribution is 6.01. The summed E-state index contributed by atoms with van der Waals surface area (Å²) in [6.07, 6.45) is 4.44. The van der Waals surface area contributed by atoms with Crippen LogP contribution in [0.3, 0.4) is 0 Å². The second-order valence-electron chi connectivity index (χ2n) is 7.30. The Hall–Kier alpha value is -2.49. The van der Waals surface area contributed by atoms with Gasteiger partial charge in [0.15, 0.2) is 0 Å². The number of hydrogen-bond donors (Lipinski definition) is 2. The number of nitrogens with zero attached hydrogens (tertiary/aromatic N) is 2. The molecule has 0 radical (unpaired) electrons. The highest BCUT2D eigenvalue weighted by Gasteiger charge is 2.32. The first-order valence-electron chi connectivity index (χ1n) is 10.2. The third kappa shape index (κ3) is 7.45. The molecule has 2 fully saturated rings. The maximum absolute atomic E-state index is 12.0. The Balaban J connectivity index is 1.54. The molecule has 0 saturated carbocycles. The van der Waals surface area contributed by atoms with Crippen molar-refractivity contribution in [2.45, 2.75) is 64.3 Å². The van der Waals surface area contributed by atoms with Crippen molar-refractivity contribution in [2.24, 2.45) is 0 Å². The maximum atomic E-state index is 12.0. The molecule has 4 amide bonds. The van der Waals surface area contributed by atoms with E-state index in [0.29, 0.717) is 17.6 Å². The normalized spacial score (nSPS) is 19.5. The summed E-state index contributed by atoms with van der Waals surface area (Å²) >= 11 is 0. The summed E-state index contributed by atoms with van der Waals surface area (Å²) in [5, 5.41) is 5.76. The minimum absolute atomic E-state index is 0.0221. The molecular formula is C19H30N4O6. The van der Waals surface area contributed by atoms with Gasteiger partial charge in [-0.05, 0) is 25.8 Å². The first-order valence-corrected chi connectivity index (χ1v) is 10.2. The fourth-order valence-electron chi connectivity index (χ4n) is 3.52. The van der Waals surface area contributed by atoms with E-state index in [9.17, 15) is 24.0 Å². The molecule has 2 N–H and O–H groups in total. The first kappa shape index (κ1) is 22.8. The molecule has 2 aliphatic heterocycles. The molecule has 2 heterocycles. The fourth-order valence-corrected chi connectivity index (χ4v) is 3.52. The van der Waals surface area contributed by atoms with Gasteiger partial charge in [0.2, 0.25) is 11.8 Å². The van der Waals surface area contributed by atoms with Crippen LogP contribution in [-0.2, 0) is 28.8 Å². The standard InChI is InChI=1S/C19H30N4O6/c1-2-4-14-5-3-12-22(14)13-16(25)21-10-8-15(24)20-11-9-19(28)29-23-17(26)6-7-18(23)27/h14H,2-13H2,1H3,(H,20,24)(H,21,25)/i2+1,3+1,4+1,5+1,12+1,13+1,14+1,16+1,19+1. The van der Waals surface area contributed by atoms with Gasteiger partial charge in [-0.2, -0.15) is 0 Å². The average Bonchev–Trinajstić information content (AvgIpc) is 3.23. The van der Waals surface area contributed by atoms with Crippen molar-refractivity contribution >= 4 is 29.6 Å². The molecule has 10 nitrogen and oxygen atoms in total. The zero-order chi connectivity index (χ0) is 21.2. The number of nitrogens with one attached hydrogen (secondary N) is 2. The van der Waals surface area contributed by atoms with Crippen LogP contribution in [0.25, 0.3) is 0 Å². The van der Waals surface area contributed by atoms with Crippen LogP contribution >= 0.6 is 0 Å². The number of hydroxylamine groups is 2. The van der Waals surface area contributed by atoms with Crippen molar-refractivity contribution in [1.82, 2.24) is 20.6 Å². The van der Waals surface area contributed by atoms with Crippen LogP contribution in [0.2, 0.25) is 0 Å². The molecule has 2 aliphatic rings. The van der Waals surface area contributed by atoms with Gasteiger partial charge in [0.1, 0.15) is 0 Å². The van der Waals surface area contributed by atoms with Gasteiger partial charge >= 0.3 is 5.97 Å². The van der Waals surface area contributed by atoms with Crippen molar-refractivity contribution in [3.63, 3.8) is 0 Å². The van der Waals surface area contributed by atoms with Gasteiger partial charge in [0.05, 0.1) is 13.0 Å². The Labute approximate surface area is 170 Å². The molecule has 1 unspecified atom stereocenters. The molecule has 0 aromatic rings. The highest BCUT2D eigenvalue weighted by Crippen LogP contribution is 2.20. The second-order valence-corrected chi connectivity index (χ2v) is 7.30. The van der Waals surface area contributed by atoms with Crippen LogP contribution in [0.1, 0.15) is 58.3 Å². The molecular weight excluding hydrogens is 389 g/mol. The molecule has 0 spiro atoms. The van der Waals surface area contributed by atoms with Gasteiger partial charge in [-0.25, -0.2) is 4.79 Å². The second kappa shape index (κ2) is 11.5. The van der Waals surface area contributed by atoms with Crippen molar-refractivity contribution in [1.29, 1.82) is 0 Å². The molecule has 29 heavy (non-hydrogen) atoms. The van der Waals surface area contributed by atoms with E-state index in [1.54, 1.807) is 0 Å². The third-order valence-corrected chi connectivity index (χ3v) is 4.99. The van der Waals surface area contributed by atoms with E-state index in [2.05, 4.69) is 22.5 Å². The summed E-state index contributed by atoms with van der Waals surface area (Å²) in [4.78, 5) is 65.1. The number of likely N-dealkylation sites (tertiary alicyclic amines) is 1. The van der Waals surface area contributed by atoms with Gasteiger partial charge < -0.3 is 15.5 Å². The number of rotatable bonds is 11. The topological polar surface area (TPSA) is 125 Å². The lowest BCUT2D eigenvalue weighted by Crippen LogP contribution is -2.41. The Morgan fingerprint density at radius 2 is 1.69 bits per heavy atom. The zero-order valence-electron chi connectivity index (χ0n) is 16.9. The van der Waals surface area contributed by atoms with E-state index in [0.717, 1.165) is 32.2 Å². The molecule has 10 heteroatoms. The van der Waals surface area contributed by atoms with Crippen molar-refractivity contribution in [3.8, 4) is 0 Å². The predicted octanol–water partition coefficient (Wildman–Crippen LogP) is -0.129. The minimum atomic E-state index is -0.769. The largest absolute Gasteiger partial charge is 0.355 e. The average molecular weight is 419 g/mol. The van der Waals surface area contributed by atoms with Crippen LogP contribution < -0.4 is 10.6 Å². The van der Waals surface area contributed by atoms with Gasteiger partial charge in [-0.1, -0.05) is 13.3 Å². The highest BCUT2D eigenvalue weighted by atomic mass is 16.8. The van der Waals surface area contributed by atoms with E-state index in [4.69, 9.17) is 4.84 Å². The third-order valence-electron chi connectivity index (χ3n) is 4.99. The van der Waals surface area contributed by atoms with E-state index in [1.807, 2.05) is 0 Å². The number of hydrogen-bond acceptors (Lipinski definition) is 7. The van der Waals surface area contributed by atoms with Gasteiger partial charge in [0.25, 0.3) is 11.8 Å². The molecule has 0 bridgehead atoms. The molecule has 0 aliphatic carbocycles. The number of carbonyl (C=O) groups excluding carboxylic acids is 5. The minimum Gasteiger partial charge on any atom is -0.355 e. The maximum Gasteiger partial charge on any atom is 0.334 e. The summed E-state index contributed by atoms with van der Waals surface area (Å²) < 4.78 is 0. The van der Waals surface area contributed by atoms with Crippen LogP contribution in [0.4, 0.5) is 0 Å². The van der Waals surface area contributed by atoms with Crippen molar-refractivity contribution in [2.75, 3.05) is 26.2 Å². The Bertz CT molecular complexity index is 622. The van der Waals surface area contributed by atoms with Crippen LogP contribution in [-0.4, -0.2) is 71.8 Å². The van der Waals surface area contributed by atoms with Gasteiger partial charge in [-0.3, -0.25) is 24.1 Å². The number of amides is 4. The Morgan fingerprint density at radius 3 is 2.38 bits per heavy atom. The van der Waals surface area contributed by atoms with E-state index in [-0.39, 0.29) is 50.6 Å². The van der Waals surface area contributed by atoms with E-state index in [1.165, 1.54) is 0 Å². The SMILES string of the molecule is C[13CH2][13CH2][13CH]1[13CH2][13CH2][13CH2]N1[13CH2][13C](=O)NCCC(=O)NCC[13C](=O)ON1C(=O)CCC1=O. The lowest BCUT2D eigenvalue weighted by atomic mass is 10.4. The first-order chi connectivity index (χ1) is 13.9. The van der Waals surface area contributed by atoms with E-state index >= 15 is 0 Å². The molecule has 2 rings (SSSR count). The molecule has 2 saturated heterocycles. The Kier molecular flexibility index (Phi) is 9.04. The molecule has 0 aromatic heterocycles.